The lowest BCUT2D eigenvalue weighted by Gasteiger charge is -2.11. The zero-order chi connectivity index (χ0) is 16.7. The number of carbonyl (C=O) groups is 2. The molecular weight excluding hydrogens is 383 g/mol. The summed E-state index contributed by atoms with van der Waals surface area (Å²) < 4.78 is 16.7. The lowest BCUT2D eigenvalue weighted by molar-refractivity contribution is -0.115. The molecule has 1 aliphatic rings. The molecular formula is C16H12BrFN2O2S. The SMILES string of the molecule is Cc1cc(/C=C2\SC(=O)NC2=O)c(C)n1-c1ccc(Br)cc1F. The van der Waals surface area contributed by atoms with Gasteiger partial charge in [0.1, 0.15) is 5.82 Å². The minimum Gasteiger partial charge on any atom is -0.315 e. The van der Waals surface area contributed by atoms with Crippen molar-refractivity contribution in [2.24, 2.45) is 0 Å². The van der Waals surface area contributed by atoms with Gasteiger partial charge in [0.05, 0.1) is 10.6 Å². The van der Waals surface area contributed by atoms with Gasteiger partial charge in [-0.1, -0.05) is 15.9 Å². The average molecular weight is 395 g/mol. The molecule has 1 aliphatic heterocycles. The first-order chi connectivity index (χ1) is 10.9. The van der Waals surface area contributed by atoms with Gasteiger partial charge in [0, 0.05) is 15.9 Å². The second-order valence-corrected chi connectivity index (χ2v) is 7.04. The number of rotatable bonds is 2. The first-order valence-electron chi connectivity index (χ1n) is 6.76. The molecule has 1 N–H and O–H groups in total. The van der Waals surface area contributed by atoms with Gasteiger partial charge in [-0.3, -0.25) is 14.9 Å². The van der Waals surface area contributed by atoms with Crippen LogP contribution in [0.2, 0.25) is 0 Å². The molecule has 0 unspecified atom stereocenters. The van der Waals surface area contributed by atoms with Crippen LogP contribution in [0.25, 0.3) is 11.8 Å². The van der Waals surface area contributed by atoms with E-state index in [1.54, 1.807) is 22.8 Å². The molecule has 1 saturated heterocycles. The van der Waals surface area contributed by atoms with E-state index >= 15 is 0 Å². The van der Waals surface area contributed by atoms with Gasteiger partial charge in [-0.05, 0) is 61.5 Å². The molecule has 23 heavy (non-hydrogen) atoms. The van der Waals surface area contributed by atoms with Crippen molar-refractivity contribution in [2.45, 2.75) is 13.8 Å². The molecule has 118 valence electrons. The normalized spacial score (nSPS) is 16.3. The molecule has 1 aromatic heterocycles. The number of imide groups is 1. The minimum atomic E-state index is -0.403. The Kier molecular flexibility index (Phi) is 4.16. The molecule has 1 fully saturated rings. The molecule has 7 heteroatoms. The van der Waals surface area contributed by atoms with E-state index in [-0.39, 0.29) is 11.1 Å². The number of benzene rings is 1. The van der Waals surface area contributed by atoms with Gasteiger partial charge in [0.2, 0.25) is 0 Å². The van der Waals surface area contributed by atoms with Crippen LogP contribution in [0.3, 0.4) is 0 Å². The number of aryl methyl sites for hydroxylation is 1. The van der Waals surface area contributed by atoms with Crippen molar-refractivity contribution >= 4 is 44.9 Å². The zero-order valence-corrected chi connectivity index (χ0v) is 14.7. The molecule has 0 atom stereocenters. The van der Waals surface area contributed by atoms with Crippen molar-refractivity contribution in [3.05, 3.63) is 56.4 Å². The van der Waals surface area contributed by atoms with Crippen LogP contribution in [0.1, 0.15) is 17.0 Å². The minimum absolute atomic E-state index is 0.339. The van der Waals surface area contributed by atoms with Crippen molar-refractivity contribution in [3.8, 4) is 5.69 Å². The van der Waals surface area contributed by atoms with Gasteiger partial charge >= 0.3 is 0 Å². The molecule has 0 aliphatic carbocycles. The fourth-order valence-corrected chi connectivity index (χ4v) is 3.54. The number of nitrogens with zero attached hydrogens (tertiary/aromatic N) is 1. The number of aromatic nitrogens is 1. The number of hydrogen-bond donors (Lipinski definition) is 1. The molecule has 1 aromatic carbocycles. The highest BCUT2D eigenvalue weighted by Gasteiger charge is 2.25. The Hall–Kier alpha value is -1.86. The van der Waals surface area contributed by atoms with Crippen LogP contribution in [0, 0.1) is 19.7 Å². The predicted octanol–water partition coefficient (Wildman–Crippen LogP) is 4.32. The number of amides is 2. The Morgan fingerprint density at radius 2 is 2.00 bits per heavy atom. The first-order valence-corrected chi connectivity index (χ1v) is 8.37. The highest BCUT2D eigenvalue weighted by molar-refractivity contribution is 9.10. The van der Waals surface area contributed by atoms with Gasteiger partial charge in [0.25, 0.3) is 11.1 Å². The Morgan fingerprint density at radius 1 is 1.26 bits per heavy atom. The van der Waals surface area contributed by atoms with Crippen molar-refractivity contribution in [1.82, 2.24) is 9.88 Å². The topological polar surface area (TPSA) is 51.1 Å². The molecule has 0 saturated carbocycles. The van der Waals surface area contributed by atoms with E-state index in [1.807, 2.05) is 19.9 Å². The van der Waals surface area contributed by atoms with Crippen LogP contribution in [0.15, 0.2) is 33.6 Å². The molecule has 3 rings (SSSR count). The van der Waals surface area contributed by atoms with Crippen molar-refractivity contribution < 1.29 is 14.0 Å². The number of nitrogens with one attached hydrogen (secondary N) is 1. The summed E-state index contributed by atoms with van der Waals surface area (Å²) in [5.41, 5.74) is 2.85. The third-order valence-corrected chi connectivity index (χ3v) is 4.85. The second-order valence-electron chi connectivity index (χ2n) is 5.11. The smallest absolute Gasteiger partial charge is 0.290 e. The van der Waals surface area contributed by atoms with E-state index in [4.69, 9.17) is 0 Å². The lowest BCUT2D eigenvalue weighted by Crippen LogP contribution is -2.17. The standard InChI is InChI=1S/C16H12BrFN2O2S/c1-8-5-10(6-14-15(21)19-16(22)23-14)9(2)20(8)13-4-3-11(17)7-12(13)18/h3-7H,1-2H3,(H,19,21,22)/b14-6-. The molecule has 2 amide bonds. The highest BCUT2D eigenvalue weighted by Crippen LogP contribution is 2.30. The summed E-state index contributed by atoms with van der Waals surface area (Å²) in [4.78, 5) is 23.2. The number of carbonyl (C=O) groups excluding carboxylic acids is 2. The fraction of sp³-hybridized carbons (Fsp3) is 0.125. The van der Waals surface area contributed by atoms with Crippen LogP contribution in [-0.4, -0.2) is 15.7 Å². The third-order valence-electron chi connectivity index (χ3n) is 3.55. The predicted molar refractivity (Wildman–Crippen MR) is 92.0 cm³/mol. The number of halogens is 2. The summed E-state index contributed by atoms with van der Waals surface area (Å²) >= 11 is 4.11. The summed E-state index contributed by atoms with van der Waals surface area (Å²) in [6.07, 6.45) is 1.65. The van der Waals surface area contributed by atoms with Gasteiger partial charge in [-0.25, -0.2) is 4.39 Å². The largest absolute Gasteiger partial charge is 0.315 e. The molecule has 2 aromatic rings. The molecule has 4 nitrogen and oxygen atoms in total. The van der Waals surface area contributed by atoms with Crippen LogP contribution < -0.4 is 5.32 Å². The summed E-state index contributed by atoms with van der Waals surface area (Å²) in [6, 6.07) is 6.73. The van der Waals surface area contributed by atoms with Gasteiger partial charge in [-0.2, -0.15) is 0 Å². The van der Waals surface area contributed by atoms with Crippen molar-refractivity contribution in [1.29, 1.82) is 0 Å². The van der Waals surface area contributed by atoms with Crippen LogP contribution >= 0.6 is 27.7 Å². The molecule has 0 radical (unpaired) electrons. The monoisotopic (exact) mass is 394 g/mol. The Morgan fingerprint density at radius 3 is 2.61 bits per heavy atom. The maximum Gasteiger partial charge on any atom is 0.290 e. The summed E-state index contributed by atoms with van der Waals surface area (Å²) in [5.74, 6) is -0.747. The maximum atomic E-state index is 14.2. The van der Waals surface area contributed by atoms with Crippen LogP contribution in [-0.2, 0) is 4.79 Å². The number of thioether (sulfide) groups is 1. The fourth-order valence-electron chi connectivity index (χ4n) is 2.53. The van der Waals surface area contributed by atoms with Crippen LogP contribution in [0.4, 0.5) is 9.18 Å². The summed E-state index contributed by atoms with van der Waals surface area (Å²) in [7, 11) is 0. The van der Waals surface area contributed by atoms with Gasteiger partial charge < -0.3 is 4.57 Å². The van der Waals surface area contributed by atoms with E-state index in [9.17, 15) is 14.0 Å². The molecule has 0 bridgehead atoms. The van der Waals surface area contributed by atoms with E-state index < -0.39 is 5.91 Å². The number of hydrogen-bond acceptors (Lipinski definition) is 3. The van der Waals surface area contributed by atoms with Crippen LogP contribution in [0.5, 0.6) is 0 Å². The Bertz CT molecular complexity index is 873. The van der Waals surface area contributed by atoms with Crippen molar-refractivity contribution in [3.63, 3.8) is 0 Å². The molecule has 0 spiro atoms. The summed E-state index contributed by atoms with van der Waals surface area (Å²) in [5, 5.41) is 1.84. The third kappa shape index (κ3) is 2.98. The van der Waals surface area contributed by atoms with Crippen molar-refractivity contribution in [2.75, 3.05) is 0 Å². The van der Waals surface area contributed by atoms with Gasteiger partial charge in [-0.15, -0.1) is 0 Å². The van der Waals surface area contributed by atoms with E-state index in [0.717, 1.165) is 28.7 Å². The Labute approximate surface area is 144 Å². The maximum absolute atomic E-state index is 14.2. The summed E-state index contributed by atoms with van der Waals surface area (Å²) in [6.45, 7) is 3.71. The van der Waals surface area contributed by atoms with Gasteiger partial charge in [0.15, 0.2) is 0 Å². The van der Waals surface area contributed by atoms with E-state index in [0.29, 0.717) is 15.1 Å². The Balaban J connectivity index is 2.08. The van der Waals surface area contributed by atoms with E-state index in [1.165, 1.54) is 6.07 Å². The zero-order valence-electron chi connectivity index (χ0n) is 12.3. The lowest BCUT2D eigenvalue weighted by atomic mass is 10.2. The molecule has 2 heterocycles. The first kappa shape index (κ1) is 16.0. The highest BCUT2D eigenvalue weighted by atomic mass is 79.9. The average Bonchev–Trinajstić information content (AvgIpc) is 2.91. The second kappa shape index (κ2) is 5.98. The van der Waals surface area contributed by atoms with E-state index in [2.05, 4.69) is 21.2 Å². The quantitative estimate of drug-likeness (QED) is 0.771.